The predicted molar refractivity (Wildman–Crippen MR) is 99.8 cm³/mol. The van der Waals surface area contributed by atoms with Crippen LogP contribution in [0.25, 0.3) is 0 Å². The van der Waals surface area contributed by atoms with Gasteiger partial charge in [0.25, 0.3) is 0 Å². The van der Waals surface area contributed by atoms with Crippen LogP contribution in [0.4, 0.5) is 16.2 Å². The van der Waals surface area contributed by atoms with Crippen LogP contribution in [0.1, 0.15) is 39.0 Å². The molecule has 1 atom stereocenters. The lowest BCUT2D eigenvalue weighted by Crippen LogP contribution is -2.50. The highest BCUT2D eigenvalue weighted by Crippen LogP contribution is 2.22. The first kappa shape index (κ1) is 17.7. The van der Waals surface area contributed by atoms with Crippen LogP contribution < -0.4 is 10.6 Å². The van der Waals surface area contributed by atoms with Gasteiger partial charge in [0, 0.05) is 37.4 Å². The van der Waals surface area contributed by atoms with Crippen LogP contribution in [0, 0.1) is 0 Å². The summed E-state index contributed by atoms with van der Waals surface area (Å²) in [5.74, 6) is -0.120. The van der Waals surface area contributed by atoms with Gasteiger partial charge in [-0.2, -0.15) is 0 Å². The molecule has 2 N–H and O–H groups in total. The van der Waals surface area contributed by atoms with Gasteiger partial charge >= 0.3 is 6.03 Å². The van der Waals surface area contributed by atoms with Crippen molar-refractivity contribution in [2.24, 2.45) is 0 Å². The second-order valence-corrected chi connectivity index (χ2v) is 7.04. The molecule has 3 rings (SSSR count). The van der Waals surface area contributed by atoms with Gasteiger partial charge in [0.15, 0.2) is 0 Å². The average molecular weight is 344 g/mol. The zero-order valence-corrected chi connectivity index (χ0v) is 15.0. The minimum absolute atomic E-state index is 0.0381. The fourth-order valence-corrected chi connectivity index (χ4v) is 3.79. The highest BCUT2D eigenvalue weighted by molar-refractivity contribution is 5.92. The van der Waals surface area contributed by atoms with E-state index in [9.17, 15) is 9.59 Å². The topological polar surface area (TPSA) is 64.7 Å². The van der Waals surface area contributed by atoms with Gasteiger partial charge in [0.05, 0.1) is 0 Å². The first-order chi connectivity index (χ1) is 12.1. The summed E-state index contributed by atoms with van der Waals surface area (Å²) >= 11 is 0. The molecule has 0 bridgehead atoms. The highest BCUT2D eigenvalue weighted by Gasteiger charge is 2.29. The zero-order valence-electron chi connectivity index (χ0n) is 15.0. The summed E-state index contributed by atoms with van der Waals surface area (Å²) < 4.78 is 0. The van der Waals surface area contributed by atoms with Gasteiger partial charge in [-0.15, -0.1) is 0 Å². The Hall–Kier alpha value is -2.08. The van der Waals surface area contributed by atoms with Gasteiger partial charge in [-0.3, -0.25) is 4.79 Å². The van der Waals surface area contributed by atoms with Crippen molar-refractivity contribution in [2.75, 3.05) is 36.8 Å². The molecule has 0 aromatic heterocycles. The van der Waals surface area contributed by atoms with E-state index in [1.54, 1.807) is 6.07 Å². The quantitative estimate of drug-likeness (QED) is 0.882. The Labute approximate surface area is 149 Å². The van der Waals surface area contributed by atoms with Gasteiger partial charge in [0.2, 0.25) is 5.91 Å². The molecule has 2 aliphatic heterocycles. The number of nitrogens with zero attached hydrogens (tertiary/aromatic N) is 2. The van der Waals surface area contributed by atoms with Crippen molar-refractivity contribution in [3.05, 3.63) is 24.3 Å². The smallest absolute Gasteiger partial charge is 0.322 e. The molecule has 0 radical (unpaired) electrons. The Morgan fingerprint density at radius 2 is 1.72 bits per heavy atom. The molecule has 2 heterocycles. The van der Waals surface area contributed by atoms with E-state index in [0.717, 1.165) is 39.0 Å². The maximum absolute atomic E-state index is 12.8. The Bertz CT molecular complexity index is 613. The molecule has 0 unspecified atom stereocenters. The van der Waals surface area contributed by atoms with E-state index in [4.69, 9.17) is 0 Å². The molecule has 1 aromatic carbocycles. The molecule has 136 valence electrons. The minimum Gasteiger partial charge on any atom is -0.326 e. The molecule has 2 saturated heterocycles. The average Bonchev–Trinajstić information content (AvgIpc) is 3.08. The monoisotopic (exact) mass is 344 g/mol. The van der Waals surface area contributed by atoms with Crippen molar-refractivity contribution >= 4 is 23.3 Å². The molecule has 2 aliphatic rings. The molecule has 3 amide bonds. The molecule has 0 aliphatic carbocycles. The van der Waals surface area contributed by atoms with Crippen molar-refractivity contribution in [2.45, 2.75) is 45.1 Å². The summed E-state index contributed by atoms with van der Waals surface area (Å²) in [5.41, 5.74) is 1.40. The van der Waals surface area contributed by atoms with E-state index in [2.05, 4.69) is 15.5 Å². The summed E-state index contributed by atoms with van der Waals surface area (Å²) in [6.45, 7) is 5.59. The number of piperidine rings is 1. The van der Waals surface area contributed by atoms with Gasteiger partial charge in [0.1, 0.15) is 0 Å². The van der Waals surface area contributed by atoms with E-state index in [1.807, 2.05) is 23.1 Å². The summed E-state index contributed by atoms with van der Waals surface area (Å²) in [4.78, 5) is 28.5. The third-order valence-electron chi connectivity index (χ3n) is 4.99. The second kappa shape index (κ2) is 8.34. The number of nitrogens with one attached hydrogen (secondary N) is 2. The summed E-state index contributed by atoms with van der Waals surface area (Å²) in [6, 6.07) is 7.54. The fourth-order valence-electron chi connectivity index (χ4n) is 3.79. The van der Waals surface area contributed by atoms with Gasteiger partial charge < -0.3 is 20.4 Å². The molecular formula is C19H28N4O2. The van der Waals surface area contributed by atoms with Crippen molar-refractivity contribution in [3.63, 3.8) is 0 Å². The van der Waals surface area contributed by atoms with Crippen LogP contribution in [0.5, 0.6) is 0 Å². The number of hydrogen-bond acceptors (Lipinski definition) is 3. The number of anilines is 2. The molecule has 1 aromatic rings. The van der Waals surface area contributed by atoms with Crippen LogP contribution >= 0.6 is 0 Å². The van der Waals surface area contributed by atoms with Crippen molar-refractivity contribution in [1.29, 1.82) is 0 Å². The Balaban J connectivity index is 1.62. The molecule has 6 nitrogen and oxygen atoms in total. The Morgan fingerprint density at radius 3 is 2.44 bits per heavy atom. The van der Waals surface area contributed by atoms with Gasteiger partial charge in [-0.1, -0.05) is 6.07 Å². The molecule has 2 fully saturated rings. The van der Waals surface area contributed by atoms with E-state index < -0.39 is 0 Å². The SMILES string of the molecule is CC(=O)Nc1cccc(NC(=O)N2CCCC[C@H]2CN2CCCC2)c1. The minimum atomic E-state index is -0.120. The number of likely N-dealkylation sites (tertiary alicyclic amines) is 2. The summed E-state index contributed by atoms with van der Waals surface area (Å²) in [6.07, 6.45) is 5.88. The van der Waals surface area contributed by atoms with Crippen molar-refractivity contribution < 1.29 is 9.59 Å². The van der Waals surface area contributed by atoms with Crippen molar-refractivity contribution in [3.8, 4) is 0 Å². The standard InChI is InChI=1S/C19H28N4O2/c1-15(24)20-16-7-6-8-17(13-16)21-19(25)23-12-3-2-9-18(23)14-22-10-4-5-11-22/h6-8,13,18H,2-5,9-12,14H2,1H3,(H,20,24)(H,21,25)/t18-/m0/s1. The maximum atomic E-state index is 12.8. The Kier molecular flexibility index (Phi) is 5.91. The molecule has 0 spiro atoms. The first-order valence-electron chi connectivity index (χ1n) is 9.29. The van der Waals surface area contributed by atoms with E-state index >= 15 is 0 Å². The third-order valence-corrected chi connectivity index (χ3v) is 4.99. The lowest BCUT2D eigenvalue weighted by atomic mass is 10.0. The van der Waals surface area contributed by atoms with Crippen LogP contribution in [0.3, 0.4) is 0 Å². The van der Waals surface area contributed by atoms with E-state index in [-0.39, 0.29) is 11.9 Å². The first-order valence-corrected chi connectivity index (χ1v) is 9.29. The fraction of sp³-hybridized carbons (Fsp3) is 0.579. The van der Waals surface area contributed by atoms with Crippen LogP contribution in [-0.2, 0) is 4.79 Å². The number of rotatable bonds is 4. The normalized spacial score (nSPS) is 21.2. The van der Waals surface area contributed by atoms with Gasteiger partial charge in [-0.25, -0.2) is 4.79 Å². The number of benzene rings is 1. The lowest BCUT2D eigenvalue weighted by Gasteiger charge is -2.37. The van der Waals surface area contributed by atoms with E-state index in [0.29, 0.717) is 17.4 Å². The molecular weight excluding hydrogens is 316 g/mol. The molecule has 0 saturated carbocycles. The number of carbonyl (C=O) groups is 2. The molecule has 25 heavy (non-hydrogen) atoms. The summed E-state index contributed by atoms with van der Waals surface area (Å²) in [7, 11) is 0. The number of urea groups is 1. The largest absolute Gasteiger partial charge is 0.326 e. The Morgan fingerprint density at radius 1 is 1.04 bits per heavy atom. The maximum Gasteiger partial charge on any atom is 0.322 e. The van der Waals surface area contributed by atoms with Crippen LogP contribution in [0.2, 0.25) is 0 Å². The van der Waals surface area contributed by atoms with Crippen LogP contribution in [0.15, 0.2) is 24.3 Å². The second-order valence-electron chi connectivity index (χ2n) is 7.04. The van der Waals surface area contributed by atoms with Crippen LogP contribution in [-0.4, -0.2) is 54.0 Å². The highest BCUT2D eigenvalue weighted by atomic mass is 16.2. The third kappa shape index (κ3) is 4.95. The lowest BCUT2D eigenvalue weighted by molar-refractivity contribution is -0.114. The summed E-state index contributed by atoms with van der Waals surface area (Å²) in [5, 5.41) is 5.74. The van der Waals surface area contributed by atoms with E-state index in [1.165, 1.54) is 26.2 Å². The number of hydrogen-bond donors (Lipinski definition) is 2. The zero-order chi connectivity index (χ0) is 17.6. The van der Waals surface area contributed by atoms with Gasteiger partial charge in [-0.05, 0) is 63.4 Å². The number of carbonyl (C=O) groups excluding carboxylic acids is 2. The number of amides is 3. The van der Waals surface area contributed by atoms with Crippen molar-refractivity contribution in [1.82, 2.24) is 9.80 Å². The molecule has 6 heteroatoms. The predicted octanol–water partition coefficient (Wildman–Crippen LogP) is 3.13.